The Morgan fingerprint density at radius 1 is 1.22 bits per heavy atom. The van der Waals surface area contributed by atoms with E-state index in [2.05, 4.69) is 0 Å². The van der Waals surface area contributed by atoms with Crippen LogP contribution in [0.4, 0.5) is 11.4 Å². The van der Waals surface area contributed by atoms with Crippen LogP contribution in [-0.4, -0.2) is 14.1 Å². The second-order valence-electron chi connectivity index (χ2n) is 3.86. The van der Waals surface area contributed by atoms with Gasteiger partial charge in [-0.3, -0.25) is 24.0 Å². The van der Waals surface area contributed by atoms with E-state index in [9.17, 15) is 19.7 Å². The van der Waals surface area contributed by atoms with Gasteiger partial charge >= 0.3 is 5.69 Å². The number of rotatable bonds is 1. The smallest absolute Gasteiger partial charge is 0.330 e. The largest absolute Gasteiger partial charge is 0.392 e. The Labute approximate surface area is 100 Å². The summed E-state index contributed by atoms with van der Waals surface area (Å²) < 4.78 is 2.08. The highest BCUT2D eigenvalue weighted by Gasteiger charge is 2.19. The van der Waals surface area contributed by atoms with Crippen LogP contribution < -0.4 is 17.0 Å². The molecule has 0 aliphatic heterocycles. The van der Waals surface area contributed by atoms with Crippen LogP contribution in [-0.2, 0) is 14.1 Å². The summed E-state index contributed by atoms with van der Waals surface area (Å²) in [7, 11) is 2.76. The number of aryl methyl sites for hydroxylation is 1. The SMILES string of the molecule is Cn1c(=O)c2c(N)c([N+](=O)[O-])ccc2n(C)c1=O. The summed E-state index contributed by atoms with van der Waals surface area (Å²) in [6.07, 6.45) is 0. The first kappa shape index (κ1) is 11.8. The van der Waals surface area contributed by atoms with Gasteiger partial charge in [0.2, 0.25) is 0 Å². The van der Waals surface area contributed by atoms with E-state index in [1.807, 2.05) is 0 Å². The second kappa shape index (κ2) is 3.69. The van der Waals surface area contributed by atoms with E-state index in [4.69, 9.17) is 5.73 Å². The summed E-state index contributed by atoms with van der Waals surface area (Å²) in [5.74, 6) is 0. The van der Waals surface area contributed by atoms with Crippen LogP contribution >= 0.6 is 0 Å². The number of anilines is 1. The fraction of sp³-hybridized carbons (Fsp3) is 0.200. The van der Waals surface area contributed by atoms with E-state index in [1.165, 1.54) is 30.8 Å². The van der Waals surface area contributed by atoms with Crippen LogP contribution in [0.3, 0.4) is 0 Å². The second-order valence-corrected chi connectivity index (χ2v) is 3.86. The Bertz CT molecular complexity index is 787. The zero-order chi connectivity index (χ0) is 13.6. The van der Waals surface area contributed by atoms with Crippen molar-refractivity contribution in [2.24, 2.45) is 14.1 Å². The van der Waals surface area contributed by atoms with Crippen molar-refractivity contribution in [3.8, 4) is 0 Å². The molecular weight excluding hydrogens is 240 g/mol. The molecule has 2 N–H and O–H groups in total. The number of nitro benzene ring substituents is 1. The fourth-order valence-electron chi connectivity index (χ4n) is 1.84. The minimum atomic E-state index is -0.667. The van der Waals surface area contributed by atoms with E-state index in [0.29, 0.717) is 0 Å². The molecule has 18 heavy (non-hydrogen) atoms. The van der Waals surface area contributed by atoms with Gasteiger partial charge in [0, 0.05) is 20.2 Å². The number of nitrogens with two attached hydrogens (primary N) is 1. The number of fused-ring (bicyclic) bond motifs is 1. The lowest BCUT2D eigenvalue weighted by molar-refractivity contribution is -0.383. The number of nitro groups is 1. The van der Waals surface area contributed by atoms with Gasteiger partial charge in [-0.1, -0.05) is 0 Å². The molecule has 8 heteroatoms. The van der Waals surface area contributed by atoms with Gasteiger partial charge in [0.05, 0.1) is 15.8 Å². The Morgan fingerprint density at radius 3 is 2.39 bits per heavy atom. The van der Waals surface area contributed by atoms with Gasteiger partial charge in [-0.2, -0.15) is 0 Å². The minimum absolute atomic E-state index is 0.0196. The van der Waals surface area contributed by atoms with Gasteiger partial charge in [-0.25, -0.2) is 4.79 Å². The molecule has 0 aliphatic rings. The topological polar surface area (TPSA) is 113 Å². The van der Waals surface area contributed by atoms with Crippen LogP contribution in [0.1, 0.15) is 0 Å². The van der Waals surface area contributed by atoms with Crippen LogP contribution in [0.5, 0.6) is 0 Å². The lowest BCUT2D eigenvalue weighted by atomic mass is 10.1. The number of nitrogen functional groups attached to an aromatic ring is 1. The molecule has 0 aliphatic carbocycles. The zero-order valence-corrected chi connectivity index (χ0v) is 9.71. The van der Waals surface area contributed by atoms with Crippen molar-refractivity contribution < 1.29 is 4.92 Å². The quantitative estimate of drug-likeness (QED) is 0.425. The summed E-state index contributed by atoms with van der Waals surface area (Å²) in [4.78, 5) is 33.7. The molecule has 0 spiro atoms. The van der Waals surface area contributed by atoms with Crippen LogP contribution in [0.25, 0.3) is 10.9 Å². The standard InChI is InChI=1S/C10H10N4O4/c1-12-5-3-4-6(14(17)18)8(11)7(5)9(15)13(2)10(12)16/h3-4H,11H2,1-2H3. The number of hydrogen-bond donors (Lipinski definition) is 1. The minimum Gasteiger partial charge on any atom is -0.392 e. The van der Waals surface area contributed by atoms with Gasteiger partial charge in [-0.05, 0) is 6.07 Å². The predicted octanol–water partition coefficient (Wildman–Crippen LogP) is -0.272. The maximum Gasteiger partial charge on any atom is 0.330 e. The monoisotopic (exact) mass is 250 g/mol. The number of benzene rings is 1. The van der Waals surface area contributed by atoms with Crippen molar-refractivity contribution >= 4 is 22.3 Å². The third kappa shape index (κ3) is 1.39. The Balaban J connectivity index is 3.14. The van der Waals surface area contributed by atoms with Crippen molar-refractivity contribution in [3.05, 3.63) is 43.1 Å². The fourth-order valence-corrected chi connectivity index (χ4v) is 1.84. The maximum atomic E-state index is 11.9. The molecule has 0 amide bonds. The molecule has 2 rings (SSSR count). The first-order valence-corrected chi connectivity index (χ1v) is 4.99. The summed E-state index contributed by atoms with van der Waals surface area (Å²) >= 11 is 0. The van der Waals surface area contributed by atoms with Crippen LogP contribution in [0.2, 0.25) is 0 Å². The van der Waals surface area contributed by atoms with E-state index in [1.54, 1.807) is 0 Å². The highest BCUT2D eigenvalue weighted by atomic mass is 16.6. The summed E-state index contributed by atoms with van der Waals surface area (Å²) in [5, 5.41) is 10.7. The molecule has 8 nitrogen and oxygen atoms in total. The van der Waals surface area contributed by atoms with Crippen molar-refractivity contribution in [1.29, 1.82) is 0 Å². The van der Waals surface area contributed by atoms with Gasteiger partial charge in [-0.15, -0.1) is 0 Å². The summed E-state index contributed by atoms with van der Waals surface area (Å²) in [6.45, 7) is 0. The number of hydrogen-bond acceptors (Lipinski definition) is 5. The van der Waals surface area contributed by atoms with Crippen molar-refractivity contribution in [2.75, 3.05) is 5.73 Å². The van der Waals surface area contributed by atoms with Crippen LogP contribution in [0.15, 0.2) is 21.7 Å². The highest BCUT2D eigenvalue weighted by Crippen LogP contribution is 2.26. The first-order valence-electron chi connectivity index (χ1n) is 4.99. The molecule has 2 aromatic rings. The normalized spacial score (nSPS) is 10.8. The van der Waals surface area contributed by atoms with E-state index >= 15 is 0 Å². The van der Waals surface area contributed by atoms with E-state index < -0.39 is 16.2 Å². The average molecular weight is 250 g/mol. The third-order valence-corrected chi connectivity index (χ3v) is 2.85. The lowest BCUT2D eigenvalue weighted by Crippen LogP contribution is -2.37. The molecule has 1 aromatic heterocycles. The lowest BCUT2D eigenvalue weighted by Gasteiger charge is -2.08. The molecule has 94 valence electrons. The maximum absolute atomic E-state index is 11.9. The molecule has 1 aromatic carbocycles. The molecule has 0 saturated heterocycles. The highest BCUT2D eigenvalue weighted by molar-refractivity contribution is 5.94. The molecule has 0 fully saturated rings. The third-order valence-electron chi connectivity index (χ3n) is 2.85. The molecule has 0 saturated carbocycles. The predicted molar refractivity (Wildman–Crippen MR) is 65.5 cm³/mol. The van der Waals surface area contributed by atoms with Crippen molar-refractivity contribution in [1.82, 2.24) is 9.13 Å². The van der Waals surface area contributed by atoms with Gasteiger partial charge in [0.15, 0.2) is 0 Å². The summed E-state index contributed by atoms with van der Waals surface area (Å²) in [6, 6.07) is 2.52. The molecule has 0 atom stereocenters. The van der Waals surface area contributed by atoms with Gasteiger partial charge < -0.3 is 5.73 Å². The van der Waals surface area contributed by atoms with E-state index in [0.717, 1.165) is 4.57 Å². The Kier molecular flexibility index (Phi) is 2.43. The number of nitrogens with zero attached hydrogens (tertiary/aromatic N) is 3. The first-order chi connectivity index (χ1) is 8.36. The number of aromatic nitrogens is 2. The Morgan fingerprint density at radius 2 is 1.83 bits per heavy atom. The van der Waals surface area contributed by atoms with Crippen molar-refractivity contribution in [2.45, 2.75) is 0 Å². The average Bonchev–Trinajstić information content (AvgIpc) is 2.32. The molecular formula is C10H10N4O4. The molecule has 0 radical (unpaired) electrons. The van der Waals surface area contributed by atoms with Gasteiger partial charge in [0.1, 0.15) is 5.69 Å². The van der Waals surface area contributed by atoms with Crippen LogP contribution in [0, 0.1) is 10.1 Å². The van der Waals surface area contributed by atoms with Crippen molar-refractivity contribution in [3.63, 3.8) is 0 Å². The molecule has 0 unspecified atom stereocenters. The summed E-state index contributed by atoms with van der Waals surface area (Å²) in [5.41, 5.74) is 4.17. The Hall–Kier alpha value is -2.64. The van der Waals surface area contributed by atoms with E-state index in [-0.39, 0.29) is 22.3 Å². The van der Waals surface area contributed by atoms with Gasteiger partial charge in [0.25, 0.3) is 11.2 Å². The molecule has 1 heterocycles. The zero-order valence-electron chi connectivity index (χ0n) is 9.71. The molecule has 0 bridgehead atoms.